The van der Waals surface area contributed by atoms with Gasteiger partial charge in [0.05, 0.1) is 5.52 Å². The van der Waals surface area contributed by atoms with E-state index < -0.39 is 0 Å². The molecule has 3 heteroatoms. The summed E-state index contributed by atoms with van der Waals surface area (Å²) in [5, 5.41) is 1.19. The second-order valence-electron chi connectivity index (χ2n) is 5.85. The predicted octanol–water partition coefficient (Wildman–Crippen LogP) is 2.68. The average Bonchev–Trinajstić information content (AvgIpc) is 3.08. The molecule has 1 aliphatic carbocycles. The van der Waals surface area contributed by atoms with Crippen LogP contribution in [0, 0.1) is 5.92 Å². The van der Waals surface area contributed by atoms with E-state index in [2.05, 4.69) is 35.2 Å². The molecule has 2 aromatic rings. The second kappa shape index (κ2) is 4.20. The highest BCUT2D eigenvalue weighted by molar-refractivity contribution is 5.84. The van der Waals surface area contributed by atoms with Crippen molar-refractivity contribution in [2.75, 3.05) is 11.4 Å². The van der Waals surface area contributed by atoms with Gasteiger partial charge in [-0.25, -0.2) is 4.98 Å². The normalized spacial score (nSPS) is 25.4. The van der Waals surface area contributed by atoms with Crippen molar-refractivity contribution < 1.29 is 0 Å². The quantitative estimate of drug-likeness (QED) is 0.894. The van der Waals surface area contributed by atoms with Crippen LogP contribution in [-0.2, 0) is 6.54 Å². The van der Waals surface area contributed by atoms with Crippen molar-refractivity contribution in [3.8, 4) is 0 Å². The van der Waals surface area contributed by atoms with Crippen molar-refractivity contribution in [2.24, 2.45) is 11.7 Å². The molecule has 0 spiro atoms. The largest absolute Gasteiger partial charge is 0.353 e. The van der Waals surface area contributed by atoms with Gasteiger partial charge in [-0.2, -0.15) is 0 Å². The molecule has 2 heterocycles. The first-order chi connectivity index (χ1) is 9.35. The summed E-state index contributed by atoms with van der Waals surface area (Å²) in [6.45, 7) is 1.76. The maximum Gasteiger partial charge on any atom is 0.129 e. The van der Waals surface area contributed by atoms with E-state index in [4.69, 9.17) is 10.7 Å². The highest BCUT2D eigenvalue weighted by atomic mass is 15.2. The van der Waals surface area contributed by atoms with Crippen LogP contribution in [0.2, 0.25) is 0 Å². The number of aromatic nitrogens is 1. The number of nitrogens with two attached hydrogens (primary N) is 1. The number of rotatable bonds is 2. The smallest absolute Gasteiger partial charge is 0.129 e. The van der Waals surface area contributed by atoms with Gasteiger partial charge in [0.15, 0.2) is 0 Å². The monoisotopic (exact) mass is 253 g/mol. The average molecular weight is 253 g/mol. The van der Waals surface area contributed by atoms with Crippen LogP contribution in [0.1, 0.15) is 24.8 Å². The van der Waals surface area contributed by atoms with Crippen molar-refractivity contribution in [3.63, 3.8) is 0 Å². The van der Waals surface area contributed by atoms with Gasteiger partial charge in [0.1, 0.15) is 5.82 Å². The molecule has 2 bridgehead atoms. The van der Waals surface area contributed by atoms with Gasteiger partial charge in [-0.3, -0.25) is 0 Å². The summed E-state index contributed by atoms with van der Waals surface area (Å²) in [7, 11) is 0. The topological polar surface area (TPSA) is 42.1 Å². The van der Waals surface area contributed by atoms with Crippen LogP contribution in [0.25, 0.3) is 10.9 Å². The van der Waals surface area contributed by atoms with Gasteiger partial charge in [0.2, 0.25) is 0 Å². The lowest BCUT2D eigenvalue weighted by Gasteiger charge is -2.28. The first-order valence-corrected chi connectivity index (χ1v) is 7.20. The fourth-order valence-electron chi connectivity index (χ4n) is 3.75. The van der Waals surface area contributed by atoms with E-state index in [0.29, 0.717) is 12.6 Å². The first-order valence-electron chi connectivity index (χ1n) is 7.20. The second-order valence-corrected chi connectivity index (χ2v) is 5.85. The Morgan fingerprint density at radius 1 is 1.26 bits per heavy atom. The standard InChI is InChI=1S/C16H19N3/c17-9-12-8-16(18-15-4-2-1-3-14(12)15)19-10-11-5-6-13(19)7-11/h1-4,8,11,13H,5-7,9-10,17H2. The van der Waals surface area contributed by atoms with Crippen molar-refractivity contribution in [1.82, 2.24) is 4.98 Å². The Labute approximate surface area is 113 Å². The summed E-state index contributed by atoms with van der Waals surface area (Å²) in [6, 6.07) is 11.2. The fraction of sp³-hybridized carbons (Fsp3) is 0.438. The van der Waals surface area contributed by atoms with E-state index in [1.165, 1.54) is 36.8 Å². The number of pyridine rings is 1. The van der Waals surface area contributed by atoms with Crippen LogP contribution in [0.5, 0.6) is 0 Å². The van der Waals surface area contributed by atoms with Gasteiger partial charge >= 0.3 is 0 Å². The number of benzene rings is 1. The lowest BCUT2D eigenvalue weighted by atomic mass is 10.1. The lowest BCUT2D eigenvalue weighted by Crippen LogP contribution is -2.32. The molecule has 1 saturated carbocycles. The van der Waals surface area contributed by atoms with Gasteiger partial charge in [-0.1, -0.05) is 18.2 Å². The molecule has 2 aliphatic rings. The maximum absolute atomic E-state index is 5.91. The summed E-state index contributed by atoms with van der Waals surface area (Å²) in [5.74, 6) is 2.02. The van der Waals surface area contributed by atoms with E-state index in [9.17, 15) is 0 Å². The minimum Gasteiger partial charge on any atom is -0.353 e. The molecule has 1 aromatic carbocycles. The third kappa shape index (κ3) is 1.72. The minimum atomic E-state index is 0.581. The zero-order valence-corrected chi connectivity index (χ0v) is 11.0. The lowest BCUT2D eigenvalue weighted by molar-refractivity contribution is 0.550. The van der Waals surface area contributed by atoms with E-state index in [1.807, 2.05) is 0 Å². The number of fused-ring (bicyclic) bond motifs is 3. The Balaban J connectivity index is 1.82. The molecule has 2 unspecified atom stereocenters. The summed E-state index contributed by atoms with van der Waals surface area (Å²) >= 11 is 0. The Morgan fingerprint density at radius 3 is 2.89 bits per heavy atom. The molecule has 2 fully saturated rings. The molecular weight excluding hydrogens is 234 g/mol. The number of hydrogen-bond donors (Lipinski definition) is 1. The maximum atomic E-state index is 5.91. The van der Waals surface area contributed by atoms with Crippen molar-refractivity contribution in [3.05, 3.63) is 35.9 Å². The number of piperidine rings is 1. The molecule has 2 atom stereocenters. The fourth-order valence-corrected chi connectivity index (χ4v) is 3.75. The third-order valence-electron chi connectivity index (χ3n) is 4.71. The van der Waals surface area contributed by atoms with Gasteiger partial charge in [0, 0.05) is 24.5 Å². The molecule has 1 aliphatic heterocycles. The number of para-hydroxylation sites is 1. The Morgan fingerprint density at radius 2 is 2.16 bits per heavy atom. The summed E-state index contributed by atoms with van der Waals surface area (Å²) < 4.78 is 0. The highest BCUT2D eigenvalue weighted by Crippen LogP contribution is 2.40. The Hall–Kier alpha value is -1.61. The Kier molecular flexibility index (Phi) is 2.49. The van der Waals surface area contributed by atoms with Gasteiger partial charge < -0.3 is 10.6 Å². The number of anilines is 1. The number of nitrogens with zero attached hydrogens (tertiary/aromatic N) is 2. The van der Waals surface area contributed by atoms with Crippen LogP contribution in [0.4, 0.5) is 5.82 Å². The van der Waals surface area contributed by atoms with E-state index in [1.54, 1.807) is 0 Å². The van der Waals surface area contributed by atoms with Gasteiger partial charge in [-0.15, -0.1) is 0 Å². The third-order valence-corrected chi connectivity index (χ3v) is 4.71. The molecule has 4 rings (SSSR count). The van der Waals surface area contributed by atoms with Crippen molar-refractivity contribution in [2.45, 2.75) is 31.8 Å². The zero-order chi connectivity index (χ0) is 12.8. The van der Waals surface area contributed by atoms with E-state index >= 15 is 0 Å². The van der Waals surface area contributed by atoms with Crippen LogP contribution < -0.4 is 10.6 Å². The molecule has 2 N–H and O–H groups in total. The zero-order valence-electron chi connectivity index (χ0n) is 11.0. The van der Waals surface area contributed by atoms with Crippen LogP contribution in [0.15, 0.2) is 30.3 Å². The van der Waals surface area contributed by atoms with Crippen LogP contribution in [0.3, 0.4) is 0 Å². The van der Waals surface area contributed by atoms with E-state index in [-0.39, 0.29) is 0 Å². The molecule has 3 nitrogen and oxygen atoms in total. The van der Waals surface area contributed by atoms with Crippen LogP contribution >= 0.6 is 0 Å². The molecule has 19 heavy (non-hydrogen) atoms. The van der Waals surface area contributed by atoms with Gasteiger partial charge in [0.25, 0.3) is 0 Å². The molecular formula is C16H19N3. The molecule has 0 radical (unpaired) electrons. The molecule has 98 valence electrons. The summed E-state index contributed by atoms with van der Waals surface area (Å²) in [5.41, 5.74) is 8.20. The van der Waals surface area contributed by atoms with Crippen molar-refractivity contribution in [1.29, 1.82) is 0 Å². The van der Waals surface area contributed by atoms with Crippen LogP contribution in [-0.4, -0.2) is 17.6 Å². The number of hydrogen-bond acceptors (Lipinski definition) is 3. The summed E-state index contributed by atoms with van der Waals surface area (Å²) in [6.07, 6.45) is 4.09. The first kappa shape index (κ1) is 11.2. The summed E-state index contributed by atoms with van der Waals surface area (Å²) in [4.78, 5) is 7.35. The molecule has 0 amide bonds. The molecule has 1 aromatic heterocycles. The minimum absolute atomic E-state index is 0.581. The van der Waals surface area contributed by atoms with Crippen molar-refractivity contribution >= 4 is 16.7 Å². The van der Waals surface area contributed by atoms with Gasteiger partial charge in [-0.05, 0) is 42.9 Å². The molecule has 1 saturated heterocycles. The highest BCUT2D eigenvalue weighted by Gasteiger charge is 2.38. The SMILES string of the molecule is NCc1cc(N2CC3CCC2C3)nc2ccccc12. The predicted molar refractivity (Wildman–Crippen MR) is 78.1 cm³/mol. The Bertz CT molecular complexity index is 622. The van der Waals surface area contributed by atoms with E-state index in [0.717, 1.165) is 17.3 Å².